The van der Waals surface area contributed by atoms with Crippen LogP contribution in [0, 0.1) is 23.0 Å². The summed E-state index contributed by atoms with van der Waals surface area (Å²) in [7, 11) is 0. The van der Waals surface area contributed by atoms with Gasteiger partial charge in [0.05, 0.1) is 11.6 Å². The van der Waals surface area contributed by atoms with E-state index in [-0.39, 0.29) is 11.6 Å². The van der Waals surface area contributed by atoms with Gasteiger partial charge in [-0.1, -0.05) is 78.9 Å². The maximum Gasteiger partial charge on any atom is 0.155 e. The normalized spacial score (nSPS) is 10.1. The standard InChI is InChI=1S/C14H10FN3.C13H8FN/c15-13-8-11(14-16-9-17-18-14)6-7-12(13)10-4-2-1-3-5-10;14-13-8-10(9-15)6-7-12(13)11-4-2-1-3-5-11/h1-9H,(H,16,17,18);1-8H. The molecule has 0 amide bonds. The lowest BCUT2D eigenvalue weighted by atomic mass is 10.0. The molecule has 0 atom stereocenters. The van der Waals surface area contributed by atoms with Crippen molar-refractivity contribution >= 4 is 0 Å². The number of rotatable bonds is 3. The Labute approximate surface area is 189 Å². The molecule has 0 radical (unpaired) electrons. The lowest BCUT2D eigenvalue weighted by molar-refractivity contribution is 0.630. The van der Waals surface area contributed by atoms with E-state index >= 15 is 0 Å². The molecular formula is C27H18F2N4. The first kappa shape index (κ1) is 21.6. The molecule has 1 aromatic heterocycles. The zero-order valence-corrected chi connectivity index (χ0v) is 17.4. The van der Waals surface area contributed by atoms with Crippen LogP contribution in [0.5, 0.6) is 0 Å². The minimum Gasteiger partial charge on any atom is -0.259 e. The number of benzene rings is 4. The molecule has 0 aliphatic heterocycles. The SMILES string of the molecule is Fc1cc(-c2ncn[nH]2)ccc1-c1ccccc1.N#Cc1ccc(-c2ccccc2)c(F)c1. The lowest BCUT2D eigenvalue weighted by Crippen LogP contribution is -1.87. The highest BCUT2D eigenvalue weighted by atomic mass is 19.1. The molecule has 0 spiro atoms. The molecule has 0 saturated heterocycles. The van der Waals surface area contributed by atoms with Crippen LogP contribution < -0.4 is 0 Å². The summed E-state index contributed by atoms with van der Waals surface area (Å²) in [5.74, 6) is -0.0659. The van der Waals surface area contributed by atoms with Gasteiger partial charge in [-0.2, -0.15) is 10.4 Å². The first-order chi connectivity index (χ1) is 16.2. The second kappa shape index (κ2) is 10.1. The van der Waals surface area contributed by atoms with E-state index in [0.717, 1.165) is 11.1 Å². The predicted molar refractivity (Wildman–Crippen MR) is 124 cm³/mol. The highest BCUT2D eigenvalue weighted by molar-refractivity contribution is 5.68. The van der Waals surface area contributed by atoms with Gasteiger partial charge in [0.15, 0.2) is 5.82 Å². The number of nitrogens with zero attached hydrogens (tertiary/aromatic N) is 3. The molecule has 160 valence electrons. The Kier molecular flexibility index (Phi) is 6.62. The first-order valence-electron chi connectivity index (χ1n) is 10.1. The van der Waals surface area contributed by atoms with Crippen molar-refractivity contribution in [3.05, 3.63) is 121 Å². The molecule has 0 fully saturated rings. The minimum atomic E-state index is -0.361. The van der Waals surface area contributed by atoms with Crippen LogP contribution in [0.25, 0.3) is 33.6 Å². The molecule has 0 unspecified atom stereocenters. The number of hydrogen-bond donors (Lipinski definition) is 1. The summed E-state index contributed by atoms with van der Waals surface area (Å²) < 4.78 is 27.6. The number of aromatic nitrogens is 3. The summed E-state index contributed by atoms with van der Waals surface area (Å²) in [5.41, 5.74) is 3.81. The molecule has 5 aromatic rings. The van der Waals surface area contributed by atoms with Crippen LogP contribution in [0.1, 0.15) is 5.56 Å². The average molecular weight is 436 g/mol. The van der Waals surface area contributed by atoms with Crippen LogP contribution in [0.15, 0.2) is 103 Å². The number of aromatic amines is 1. The summed E-state index contributed by atoms with van der Waals surface area (Å²) in [6.45, 7) is 0. The third-order valence-electron chi connectivity index (χ3n) is 4.93. The van der Waals surface area contributed by atoms with Crippen LogP contribution in [0.3, 0.4) is 0 Å². The Morgan fingerprint density at radius 2 is 1.24 bits per heavy atom. The molecule has 1 heterocycles. The van der Waals surface area contributed by atoms with Gasteiger partial charge in [-0.15, -0.1) is 0 Å². The fourth-order valence-corrected chi connectivity index (χ4v) is 3.30. The van der Waals surface area contributed by atoms with E-state index in [4.69, 9.17) is 5.26 Å². The molecule has 5 rings (SSSR count). The van der Waals surface area contributed by atoms with E-state index in [2.05, 4.69) is 15.2 Å². The van der Waals surface area contributed by atoms with E-state index in [1.807, 2.05) is 72.8 Å². The van der Waals surface area contributed by atoms with Crippen LogP contribution in [-0.4, -0.2) is 15.2 Å². The van der Waals surface area contributed by atoms with Crippen LogP contribution in [0.4, 0.5) is 8.78 Å². The van der Waals surface area contributed by atoms with Gasteiger partial charge in [0.25, 0.3) is 0 Å². The molecule has 4 aromatic carbocycles. The van der Waals surface area contributed by atoms with Crippen LogP contribution in [-0.2, 0) is 0 Å². The van der Waals surface area contributed by atoms with Gasteiger partial charge in [-0.25, -0.2) is 13.8 Å². The third-order valence-corrected chi connectivity index (χ3v) is 4.93. The van der Waals surface area contributed by atoms with Crippen molar-refractivity contribution in [1.29, 1.82) is 5.26 Å². The highest BCUT2D eigenvalue weighted by Gasteiger charge is 2.08. The topological polar surface area (TPSA) is 65.4 Å². The van der Waals surface area contributed by atoms with Gasteiger partial charge in [-0.05, 0) is 29.3 Å². The van der Waals surface area contributed by atoms with E-state index in [1.165, 1.54) is 18.5 Å². The second-order valence-corrected chi connectivity index (χ2v) is 7.07. The predicted octanol–water partition coefficient (Wildman–Crippen LogP) is 6.64. The Hall–Kier alpha value is -4.63. The Morgan fingerprint density at radius 3 is 1.73 bits per heavy atom. The zero-order valence-electron chi connectivity index (χ0n) is 17.4. The summed E-state index contributed by atoms with van der Waals surface area (Å²) in [5, 5.41) is 15.1. The van der Waals surface area contributed by atoms with Crippen LogP contribution in [0.2, 0.25) is 0 Å². The summed E-state index contributed by atoms with van der Waals surface area (Å²) in [4.78, 5) is 4.00. The van der Waals surface area contributed by atoms with Crippen LogP contribution >= 0.6 is 0 Å². The molecule has 1 N–H and O–H groups in total. The van der Waals surface area contributed by atoms with Crippen molar-refractivity contribution in [1.82, 2.24) is 15.2 Å². The van der Waals surface area contributed by atoms with E-state index in [0.29, 0.717) is 28.1 Å². The summed E-state index contributed by atoms with van der Waals surface area (Å²) in [6, 6.07) is 30.2. The Morgan fingerprint density at radius 1 is 0.667 bits per heavy atom. The van der Waals surface area contributed by atoms with E-state index < -0.39 is 0 Å². The largest absolute Gasteiger partial charge is 0.259 e. The number of H-pyrrole nitrogens is 1. The van der Waals surface area contributed by atoms with Gasteiger partial charge in [-0.3, -0.25) is 5.10 Å². The van der Waals surface area contributed by atoms with E-state index in [9.17, 15) is 8.78 Å². The number of hydrogen-bond acceptors (Lipinski definition) is 3. The Bertz CT molecular complexity index is 1380. The van der Waals surface area contributed by atoms with Gasteiger partial charge < -0.3 is 0 Å². The number of nitriles is 1. The van der Waals surface area contributed by atoms with Crippen molar-refractivity contribution in [2.75, 3.05) is 0 Å². The number of halogens is 2. The molecule has 4 nitrogen and oxygen atoms in total. The quantitative estimate of drug-likeness (QED) is 0.345. The fraction of sp³-hybridized carbons (Fsp3) is 0. The fourth-order valence-electron chi connectivity index (χ4n) is 3.30. The maximum absolute atomic E-state index is 14.1. The molecule has 0 bridgehead atoms. The third kappa shape index (κ3) is 5.17. The van der Waals surface area contributed by atoms with Gasteiger partial charge in [0, 0.05) is 16.7 Å². The van der Waals surface area contributed by atoms with Crippen molar-refractivity contribution in [3.8, 4) is 39.7 Å². The lowest BCUT2D eigenvalue weighted by Gasteiger charge is -2.04. The monoisotopic (exact) mass is 436 g/mol. The molecule has 0 aliphatic carbocycles. The summed E-state index contributed by atoms with van der Waals surface area (Å²) >= 11 is 0. The average Bonchev–Trinajstić information content (AvgIpc) is 3.40. The smallest absolute Gasteiger partial charge is 0.155 e. The Balaban J connectivity index is 0.000000160. The molecule has 6 heteroatoms. The highest BCUT2D eigenvalue weighted by Crippen LogP contribution is 2.26. The minimum absolute atomic E-state index is 0.268. The molecular weight excluding hydrogens is 418 g/mol. The van der Waals surface area contributed by atoms with E-state index in [1.54, 1.807) is 18.2 Å². The number of nitrogens with one attached hydrogen (secondary N) is 1. The van der Waals surface area contributed by atoms with Gasteiger partial charge in [0.1, 0.15) is 18.0 Å². The molecule has 0 aliphatic rings. The second-order valence-electron chi connectivity index (χ2n) is 7.07. The maximum atomic E-state index is 14.1. The van der Waals surface area contributed by atoms with Crippen molar-refractivity contribution in [3.63, 3.8) is 0 Å². The van der Waals surface area contributed by atoms with Crippen molar-refractivity contribution < 1.29 is 8.78 Å². The van der Waals surface area contributed by atoms with Gasteiger partial charge in [0.2, 0.25) is 0 Å². The van der Waals surface area contributed by atoms with Crippen molar-refractivity contribution in [2.24, 2.45) is 0 Å². The summed E-state index contributed by atoms with van der Waals surface area (Å²) in [6.07, 6.45) is 1.40. The van der Waals surface area contributed by atoms with Crippen molar-refractivity contribution in [2.45, 2.75) is 0 Å². The van der Waals surface area contributed by atoms with Gasteiger partial charge >= 0.3 is 0 Å². The first-order valence-corrected chi connectivity index (χ1v) is 10.1. The zero-order chi connectivity index (χ0) is 23.0. The molecule has 0 saturated carbocycles. The molecule has 33 heavy (non-hydrogen) atoms.